The molecule has 0 saturated heterocycles. The number of amides is 2. The van der Waals surface area contributed by atoms with E-state index in [4.69, 9.17) is 0 Å². The first-order valence-corrected chi connectivity index (χ1v) is 10.5. The van der Waals surface area contributed by atoms with Crippen molar-refractivity contribution < 1.29 is 13.2 Å². The number of sulfone groups is 1. The van der Waals surface area contributed by atoms with Crippen LogP contribution in [0, 0.1) is 0 Å². The molecule has 2 aromatic rings. The second kappa shape index (κ2) is 7.81. The van der Waals surface area contributed by atoms with Crippen molar-refractivity contribution in [2.24, 2.45) is 0 Å². The molecule has 24 heavy (non-hydrogen) atoms. The molecule has 0 aliphatic heterocycles. The normalized spacial score (nSPS) is 14.0. The Kier molecular flexibility index (Phi) is 6.01. The Balaban J connectivity index is 1.89. The molecule has 2 rings (SSSR count). The molecule has 5 nitrogen and oxygen atoms in total. The van der Waals surface area contributed by atoms with Gasteiger partial charge < -0.3 is 10.6 Å². The third-order valence-electron chi connectivity index (χ3n) is 3.66. The molecule has 0 fully saturated rings. The van der Waals surface area contributed by atoms with Gasteiger partial charge in [-0.25, -0.2) is 13.2 Å². The number of carbonyl (C=O) groups excluding carboxylic acids is 1. The topological polar surface area (TPSA) is 75.3 Å². The van der Waals surface area contributed by atoms with Gasteiger partial charge in [-0.1, -0.05) is 12.1 Å². The highest BCUT2D eigenvalue weighted by Crippen LogP contribution is 2.16. The molecule has 1 aromatic carbocycles. The van der Waals surface area contributed by atoms with Gasteiger partial charge in [0.05, 0.1) is 10.9 Å². The van der Waals surface area contributed by atoms with Crippen LogP contribution in [-0.4, -0.2) is 26.7 Å². The summed E-state index contributed by atoms with van der Waals surface area (Å²) in [5, 5.41) is 9.87. The Morgan fingerprint density at radius 3 is 2.33 bits per heavy atom. The minimum absolute atomic E-state index is 0.0272. The third kappa shape index (κ3) is 5.35. The van der Waals surface area contributed by atoms with Crippen LogP contribution in [0.3, 0.4) is 0 Å². The maximum Gasteiger partial charge on any atom is 0.315 e. The summed E-state index contributed by atoms with van der Waals surface area (Å²) in [6.45, 7) is 3.82. The van der Waals surface area contributed by atoms with E-state index >= 15 is 0 Å². The van der Waals surface area contributed by atoms with Crippen molar-refractivity contribution in [1.29, 1.82) is 0 Å². The minimum Gasteiger partial charge on any atom is -0.335 e. The molecule has 0 saturated carbocycles. The van der Waals surface area contributed by atoms with Crippen molar-refractivity contribution in [3.8, 4) is 0 Å². The first kappa shape index (κ1) is 18.5. The number of hydrogen-bond donors (Lipinski definition) is 2. The van der Waals surface area contributed by atoms with Crippen LogP contribution in [0.15, 0.2) is 46.0 Å². The van der Waals surface area contributed by atoms with Gasteiger partial charge in [0.2, 0.25) is 0 Å². The Bertz CT molecular complexity index is 769. The number of benzene rings is 1. The van der Waals surface area contributed by atoms with Crippen LogP contribution in [0.5, 0.6) is 0 Å². The van der Waals surface area contributed by atoms with Crippen molar-refractivity contribution in [2.75, 3.05) is 6.26 Å². The zero-order valence-electron chi connectivity index (χ0n) is 13.9. The number of urea groups is 1. The van der Waals surface area contributed by atoms with Gasteiger partial charge in [0, 0.05) is 12.3 Å². The first-order chi connectivity index (χ1) is 11.3. The summed E-state index contributed by atoms with van der Waals surface area (Å²) in [4.78, 5) is 12.3. The fraction of sp³-hybridized carbons (Fsp3) is 0.353. The van der Waals surface area contributed by atoms with Crippen molar-refractivity contribution in [3.63, 3.8) is 0 Å². The van der Waals surface area contributed by atoms with Crippen LogP contribution in [0.25, 0.3) is 0 Å². The van der Waals surface area contributed by atoms with Crippen LogP contribution in [0.1, 0.15) is 31.0 Å². The summed E-state index contributed by atoms with van der Waals surface area (Å²) in [6.07, 6.45) is 1.96. The van der Waals surface area contributed by atoms with E-state index in [1.165, 1.54) is 11.8 Å². The highest BCUT2D eigenvalue weighted by molar-refractivity contribution is 7.90. The van der Waals surface area contributed by atoms with Gasteiger partial charge in [-0.05, 0) is 60.4 Å². The number of rotatable bonds is 6. The van der Waals surface area contributed by atoms with E-state index in [9.17, 15) is 13.2 Å². The smallest absolute Gasteiger partial charge is 0.315 e. The van der Waals surface area contributed by atoms with Crippen molar-refractivity contribution in [3.05, 3.63) is 52.2 Å². The Hall–Kier alpha value is -1.86. The quantitative estimate of drug-likeness (QED) is 0.825. The molecule has 0 unspecified atom stereocenters. The van der Waals surface area contributed by atoms with Crippen molar-refractivity contribution in [2.45, 2.75) is 37.2 Å². The van der Waals surface area contributed by atoms with E-state index < -0.39 is 9.84 Å². The maximum absolute atomic E-state index is 12.1. The van der Waals surface area contributed by atoms with Crippen LogP contribution in [-0.2, 0) is 16.3 Å². The van der Waals surface area contributed by atoms with Crippen molar-refractivity contribution >= 4 is 27.2 Å². The molecule has 130 valence electrons. The largest absolute Gasteiger partial charge is 0.335 e. The van der Waals surface area contributed by atoms with Gasteiger partial charge in [-0.15, -0.1) is 0 Å². The predicted octanol–water partition coefficient (Wildman–Crippen LogP) is 3.14. The van der Waals surface area contributed by atoms with Crippen LogP contribution in [0.2, 0.25) is 0 Å². The highest BCUT2D eigenvalue weighted by atomic mass is 32.2. The van der Waals surface area contributed by atoms with E-state index in [0.717, 1.165) is 12.0 Å². The van der Waals surface area contributed by atoms with Crippen LogP contribution in [0.4, 0.5) is 4.79 Å². The van der Waals surface area contributed by atoms with Crippen LogP contribution < -0.4 is 10.6 Å². The standard InChI is InChI=1S/C17H22N2O3S2/c1-12(10-14-8-9-23-11-14)18-17(20)19-13(2)15-4-6-16(7-5-15)24(3,21)22/h4-9,11-13H,10H2,1-3H3,(H2,18,19,20)/t12-,13+/m1/s1. The number of thiophene rings is 1. The molecule has 1 aromatic heterocycles. The van der Waals surface area contributed by atoms with Gasteiger partial charge in [0.1, 0.15) is 0 Å². The lowest BCUT2D eigenvalue weighted by Crippen LogP contribution is -2.42. The van der Waals surface area contributed by atoms with E-state index in [1.807, 2.05) is 25.3 Å². The summed E-state index contributed by atoms with van der Waals surface area (Å²) in [5.74, 6) is 0. The Morgan fingerprint density at radius 1 is 1.12 bits per heavy atom. The Labute approximate surface area is 147 Å². The fourth-order valence-electron chi connectivity index (χ4n) is 2.36. The molecule has 7 heteroatoms. The molecule has 0 bridgehead atoms. The second-order valence-corrected chi connectivity index (χ2v) is 8.71. The Morgan fingerprint density at radius 2 is 1.79 bits per heavy atom. The molecule has 2 amide bonds. The van der Waals surface area contributed by atoms with E-state index in [2.05, 4.69) is 16.0 Å². The molecule has 0 radical (unpaired) electrons. The summed E-state index contributed by atoms with van der Waals surface area (Å²) in [7, 11) is -3.21. The van der Waals surface area contributed by atoms with E-state index in [-0.39, 0.29) is 23.0 Å². The lowest BCUT2D eigenvalue weighted by Gasteiger charge is -2.18. The molecule has 2 atom stereocenters. The van der Waals surface area contributed by atoms with Gasteiger partial charge in [0.15, 0.2) is 9.84 Å². The third-order valence-corrected chi connectivity index (χ3v) is 5.52. The number of nitrogens with one attached hydrogen (secondary N) is 2. The fourth-order valence-corrected chi connectivity index (χ4v) is 3.67. The monoisotopic (exact) mass is 366 g/mol. The average molecular weight is 367 g/mol. The lowest BCUT2D eigenvalue weighted by atomic mass is 10.1. The predicted molar refractivity (Wildman–Crippen MR) is 97.1 cm³/mol. The molecule has 2 N–H and O–H groups in total. The van der Waals surface area contributed by atoms with Gasteiger partial charge >= 0.3 is 6.03 Å². The van der Waals surface area contributed by atoms with Crippen molar-refractivity contribution in [1.82, 2.24) is 10.6 Å². The molecule has 1 heterocycles. The zero-order chi connectivity index (χ0) is 17.7. The summed E-state index contributed by atoms with van der Waals surface area (Å²) < 4.78 is 22.9. The van der Waals surface area contributed by atoms with E-state index in [0.29, 0.717) is 0 Å². The summed E-state index contributed by atoms with van der Waals surface area (Å²) >= 11 is 1.64. The number of carbonyl (C=O) groups is 1. The molecule has 0 spiro atoms. The minimum atomic E-state index is -3.21. The molecular formula is C17H22N2O3S2. The summed E-state index contributed by atoms with van der Waals surface area (Å²) in [6, 6.07) is 8.17. The maximum atomic E-state index is 12.1. The second-order valence-electron chi connectivity index (χ2n) is 5.92. The van der Waals surface area contributed by atoms with E-state index in [1.54, 1.807) is 35.6 Å². The summed E-state index contributed by atoms with van der Waals surface area (Å²) in [5.41, 5.74) is 2.06. The highest BCUT2D eigenvalue weighted by Gasteiger charge is 2.13. The molecular weight excluding hydrogens is 344 g/mol. The SMILES string of the molecule is C[C@H](Cc1ccsc1)NC(=O)N[C@@H](C)c1ccc(S(C)(=O)=O)cc1. The average Bonchev–Trinajstić information content (AvgIpc) is 2.98. The van der Waals surface area contributed by atoms with Gasteiger partial charge in [-0.3, -0.25) is 0 Å². The van der Waals surface area contributed by atoms with Crippen LogP contribution >= 0.6 is 11.3 Å². The molecule has 0 aliphatic rings. The van der Waals surface area contributed by atoms with Gasteiger partial charge in [-0.2, -0.15) is 11.3 Å². The van der Waals surface area contributed by atoms with Gasteiger partial charge in [0.25, 0.3) is 0 Å². The first-order valence-electron chi connectivity index (χ1n) is 7.64. The zero-order valence-corrected chi connectivity index (χ0v) is 15.6. The molecule has 0 aliphatic carbocycles. The lowest BCUT2D eigenvalue weighted by molar-refractivity contribution is 0.234. The number of hydrogen-bond acceptors (Lipinski definition) is 4.